The molecule has 86 valence electrons. The Labute approximate surface area is 93.6 Å². The second kappa shape index (κ2) is 4.89. The summed E-state index contributed by atoms with van der Waals surface area (Å²) in [6, 6.07) is 0. The largest absolute Gasteiger partial charge is 0.388 e. The van der Waals surface area contributed by atoms with Crippen LogP contribution in [0.4, 0.5) is 0 Å². The van der Waals surface area contributed by atoms with Gasteiger partial charge in [0, 0.05) is 18.9 Å². The van der Waals surface area contributed by atoms with E-state index < -0.39 is 0 Å². The number of aliphatic hydroxyl groups is 1. The molecule has 0 atom stereocenters. The van der Waals surface area contributed by atoms with Gasteiger partial charge in [-0.25, -0.2) is 14.6 Å². The summed E-state index contributed by atoms with van der Waals surface area (Å²) in [7, 11) is 0. The van der Waals surface area contributed by atoms with Gasteiger partial charge in [0.25, 0.3) is 0 Å². The Hall–Kier alpha value is -1.69. The molecular weight excluding hydrogens is 206 g/mol. The lowest BCUT2D eigenvalue weighted by Gasteiger charge is -2.07. The third-order valence-corrected chi connectivity index (χ3v) is 2.39. The topological polar surface area (TPSA) is 68.8 Å². The fraction of sp³-hybridized carbons (Fsp3) is 0.500. The van der Waals surface area contributed by atoms with Crippen molar-refractivity contribution in [1.82, 2.24) is 24.3 Å². The van der Waals surface area contributed by atoms with Crippen LogP contribution in [-0.2, 0) is 19.7 Å². The van der Waals surface area contributed by atoms with E-state index in [-0.39, 0.29) is 6.61 Å². The number of aryl methyl sites for hydroxylation is 1. The van der Waals surface area contributed by atoms with E-state index in [1.807, 2.05) is 15.4 Å². The quantitative estimate of drug-likeness (QED) is 0.794. The minimum Gasteiger partial charge on any atom is -0.388 e. The van der Waals surface area contributed by atoms with Crippen molar-refractivity contribution in [3.8, 4) is 0 Å². The molecule has 2 heterocycles. The van der Waals surface area contributed by atoms with E-state index >= 15 is 0 Å². The highest BCUT2D eigenvalue weighted by molar-refractivity contribution is 4.96. The molecule has 0 aliphatic rings. The molecule has 16 heavy (non-hydrogen) atoms. The zero-order valence-corrected chi connectivity index (χ0v) is 9.24. The molecule has 2 aromatic rings. The molecule has 0 amide bonds. The van der Waals surface area contributed by atoms with Crippen LogP contribution < -0.4 is 0 Å². The van der Waals surface area contributed by atoms with E-state index in [2.05, 4.69) is 22.0 Å². The van der Waals surface area contributed by atoms with Crippen LogP contribution in [0.1, 0.15) is 25.0 Å². The highest BCUT2D eigenvalue weighted by Crippen LogP contribution is 2.03. The van der Waals surface area contributed by atoms with Gasteiger partial charge in [-0.3, -0.25) is 0 Å². The van der Waals surface area contributed by atoms with Crippen LogP contribution in [0.2, 0.25) is 0 Å². The lowest BCUT2D eigenvalue weighted by Crippen LogP contribution is -2.11. The molecule has 2 rings (SSSR count). The second-order valence-corrected chi connectivity index (χ2v) is 3.53. The molecule has 0 saturated heterocycles. The van der Waals surface area contributed by atoms with Gasteiger partial charge in [-0.15, -0.1) is 0 Å². The van der Waals surface area contributed by atoms with Crippen molar-refractivity contribution < 1.29 is 5.11 Å². The summed E-state index contributed by atoms with van der Waals surface area (Å²) >= 11 is 0. The molecule has 0 aliphatic carbocycles. The third-order valence-electron chi connectivity index (χ3n) is 2.39. The van der Waals surface area contributed by atoms with E-state index in [9.17, 15) is 0 Å². The Morgan fingerprint density at radius 3 is 2.94 bits per heavy atom. The summed E-state index contributed by atoms with van der Waals surface area (Å²) in [5.41, 5.74) is 0. The van der Waals surface area contributed by atoms with Crippen LogP contribution in [0.3, 0.4) is 0 Å². The van der Waals surface area contributed by atoms with Crippen molar-refractivity contribution in [2.75, 3.05) is 0 Å². The van der Waals surface area contributed by atoms with Gasteiger partial charge in [-0.1, -0.05) is 6.92 Å². The van der Waals surface area contributed by atoms with E-state index in [0.29, 0.717) is 12.4 Å². The Bertz CT molecular complexity index is 448. The summed E-state index contributed by atoms with van der Waals surface area (Å²) in [6.07, 6.45) is 6.08. The van der Waals surface area contributed by atoms with Gasteiger partial charge < -0.3 is 9.67 Å². The van der Waals surface area contributed by atoms with Crippen LogP contribution in [0, 0.1) is 0 Å². The Balaban J connectivity index is 2.17. The predicted molar refractivity (Wildman–Crippen MR) is 57.6 cm³/mol. The van der Waals surface area contributed by atoms with Crippen molar-refractivity contribution in [2.45, 2.75) is 33.0 Å². The third kappa shape index (κ3) is 2.11. The molecule has 0 unspecified atom stereocenters. The number of rotatable bonds is 5. The Morgan fingerprint density at radius 2 is 2.19 bits per heavy atom. The van der Waals surface area contributed by atoms with Crippen molar-refractivity contribution in [3.05, 3.63) is 30.4 Å². The molecule has 6 nitrogen and oxygen atoms in total. The maximum Gasteiger partial charge on any atom is 0.146 e. The van der Waals surface area contributed by atoms with Gasteiger partial charge in [-0.05, 0) is 6.42 Å². The van der Waals surface area contributed by atoms with Crippen molar-refractivity contribution in [3.63, 3.8) is 0 Å². The Kier molecular flexibility index (Phi) is 3.31. The first-order valence-corrected chi connectivity index (χ1v) is 5.32. The molecule has 6 heteroatoms. The maximum absolute atomic E-state index is 9.08. The minimum atomic E-state index is -0.0606. The van der Waals surface area contributed by atoms with Crippen LogP contribution in [0.25, 0.3) is 0 Å². The fourth-order valence-electron chi connectivity index (χ4n) is 1.60. The van der Waals surface area contributed by atoms with Crippen molar-refractivity contribution in [2.24, 2.45) is 0 Å². The van der Waals surface area contributed by atoms with Gasteiger partial charge >= 0.3 is 0 Å². The first-order valence-electron chi connectivity index (χ1n) is 5.32. The van der Waals surface area contributed by atoms with Gasteiger partial charge in [0.05, 0.1) is 6.54 Å². The van der Waals surface area contributed by atoms with Gasteiger partial charge in [0.1, 0.15) is 24.6 Å². The van der Waals surface area contributed by atoms with Crippen LogP contribution in [0.5, 0.6) is 0 Å². The van der Waals surface area contributed by atoms with E-state index in [4.69, 9.17) is 5.11 Å². The number of aliphatic hydroxyl groups excluding tert-OH is 1. The van der Waals surface area contributed by atoms with Gasteiger partial charge in [-0.2, -0.15) is 5.10 Å². The summed E-state index contributed by atoms with van der Waals surface area (Å²) in [6.45, 7) is 3.49. The normalized spacial score (nSPS) is 10.9. The molecular formula is C10H15N5O. The lowest BCUT2D eigenvalue weighted by molar-refractivity contribution is 0.265. The highest BCUT2D eigenvalue weighted by Gasteiger charge is 2.07. The summed E-state index contributed by atoms with van der Waals surface area (Å²) in [5.74, 6) is 1.53. The average molecular weight is 221 g/mol. The van der Waals surface area contributed by atoms with Gasteiger partial charge in [0.15, 0.2) is 0 Å². The predicted octanol–water partition coefficient (Wildman–Crippen LogP) is 0.425. The van der Waals surface area contributed by atoms with Crippen LogP contribution >= 0.6 is 0 Å². The van der Waals surface area contributed by atoms with E-state index in [0.717, 1.165) is 18.8 Å². The molecule has 0 aromatic carbocycles. The van der Waals surface area contributed by atoms with E-state index in [1.54, 1.807) is 12.5 Å². The molecule has 0 aliphatic heterocycles. The SMILES string of the molecule is CCCn1ncnc1Cn1ccnc1CO. The molecule has 0 saturated carbocycles. The summed E-state index contributed by atoms with van der Waals surface area (Å²) < 4.78 is 3.75. The zero-order valence-electron chi connectivity index (χ0n) is 9.24. The monoisotopic (exact) mass is 221 g/mol. The molecule has 0 radical (unpaired) electrons. The van der Waals surface area contributed by atoms with Crippen LogP contribution in [-0.4, -0.2) is 29.4 Å². The Morgan fingerprint density at radius 1 is 1.31 bits per heavy atom. The summed E-state index contributed by atoms with van der Waals surface area (Å²) in [4.78, 5) is 8.25. The number of imidazole rings is 1. The summed E-state index contributed by atoms with van der Waals surface area (Å²) in [5, 5.41) is 13.2. The first-order chi connectivity index (χ1) is 7.85. The molecule has 0 spiro atoms. The highest BCUT2D eigenvalue weighted by atomic mass is 16.3. The number of aromatic nitrogens is 5. The fourth-order valence-corrected chi connectivity index (χ4v) is 1.60. The lowest BCUT2D eigenvalue weighted by atomic mass is 10.4. The maximum atomic E-state index is 9.08. The van der Waals surface area contributed by atoms with E-state index in [1.165, 1.54) is 0 Å². The van der Waals surface area contributed by atoms with Crippen molar-refractivity contribution >= 4 is 0 Å². The average Bonchev–Trinajstić information content (AvgIpc) is 2.89. The standard InChI is InChI=1S/C10H15N5O/c1-2-4-15-9(12-8-13-15)6-14-5-3-11-10(14)7-16/h3,5,8,16H,2,4,6-7H2,1H3. The second-order valence-electron chi connectivity index (χ2n) is 3.53. The first kappa shape index (κ1) is 10.8. The van der Waals surface area contributed by atoms with Crippen molar-refractivity contribution in [1.29, 1.82) is 0 Å². The molecule has 0 bridgehead atoms. The molecule has 1 N–H and O–H groups in total. The number of hydrogen-bond donors (Lipinski definition) is 1. The minimum absolute atomic E-state index is 0.0606. The van der Waals surface area contributed by atoms with Gasteiger partial charge in [0.2, 0.25) is 0 Å². The zero-order chi connectivity index (χ0) is 11.4. The number of nitrogens with zero attached hydrogens (tertiary/aromatic N) is 5. The molecule has 2 aromatic heterocycles. The van der Waals surface area contributed by atoms with Crippen LogP contribution in [0.15, 0.2) is 18.7 Å². The molecule has 0 fully saturated rings. The smallest absolute Gasteiger partial charge is 0.146 e. The number of hydrogen-bond acceptors (Lipinski definition) is 4.